The van der Waals surface area contributed by atoms with Crippen LogP contribution in [0.2, 0.25) is 5.02 Å². The molecule has 1 atom stereocenters. The van der Waals surface area contributed by atoms with E-state index in [2.05, 4.69) is 47.6 Å². The molecule has 1 unspecified atom stereocenters. The zero-order valence-corrected chi connectivity index (χ0v) is 17.6. The first kappa shape index (κ1) is 19.5. The summed E-state index contributed by atoms with van der Waals surface area (Å²) >= 11 is 5.99. The number of unbranched alkanes of at least 4 members (excludes halogenated alkanes) is 2. The molecule has 2 aromatic carbocycles. The largest absolute Gasteiger partial charge is 0.357 e. The van der Waals surface area contributed by atoms with Crippen molar-refractivity contribution in [3.8, 4) is 0 Å². The van der Waals surface area contributed by atoms with Gasteiger partial charge >= 0.3 is 0 Å². The fourth-order valence-corrected chi connectivity index (χ4v) is 4.62. The molecule has 3 heteroatoms. The Kier molecular flexibility index (Phi) is 6.39. The summed E-state index contributed by atoms with van der Waals surface area (Å²) in [7, 11) is 0. The van der Waals surface area contributed by atoms with E-state index in [0.717, 1.165) is 18.0 Å². The van der Waals surface area contributed by atoms with Gasteiger partial charge in [0.05, 0.1) is 0 Å². The number of H-pyrrole nitrogens is 1. The second-order valence-corrected chi connectivity index (χ2v) is 8.57. The Labute approximate surface area is 173 Å². The first-order valence-corrected chi connectivity index (χ1v) is 11.2. The van der Waals surface area contributed by atoms with Crippen LogP contribution in [0.15, 0.2) is 42.5 Å². The van der Waals surface area contributed by atoms with Gasteiger partial charge in [-0.1, -0.05) is 49.6 Å². The third-order valence-electron chi connectivity index (χ3n) is 6.06. The molecule has 148 valence electrons. The molecule has 0 saturated carbocycles. The molecule has 4 rings (SSSR count). The minimum absolute atomic E-state index is 0.437. The molecular weight excluding hydrogens is 364 g/mol. The average molecular weight is 395 g/mol. The fourth-order valence-electron chi connectivity index (χ4n) is 4.49. The van der Waals surface area contributed by atoms with E-state index in [9.17, 15) is 0 Å². The summed E-state index contributed by atoms with van der Waals surface area (Å²) in [4.78, 5) is 3.74. The predicted octanol–water partition coefficient (Wildman–Crippen LogP) is 6.76. The highest BCUT2D eigenvalue weighted by molar-refractivity contribution is 6.30. The summed E-state index contributed by atoms with van der Waals surface area (Å²) in [5.41, 5.74) is 7.09. The van der Waals surface area contributed by atoms with Gasteiger partial charge in [0.25, 0.3) is 0 Å². The number of aromatic nitrogens is 1. The first-order valence-electron chi connectivity index (χ1n) is 10.9. The maximum atomic E-state index is 5.99. The Hall–Kier alpha value is -1.77. The lowest BCUT2D eigenvalue weighted by molar-refractivity contribution is 0.456. The maximum Gasteiger partial charge on any atom is 0.0476 e. The number of aryl methyl sites for hydroxylation is 2. The highest BCUT2D eigenvalue weighted by Crippen LogP contribution is 2.35. The summed E-state index contributed by atoms with van der Waals surface area (Å²) in [6, 6.07) is 15.7. The number of aromatic amines is 1. The molecule has 1 aromatic heterocycles. The highest BCUT2D eigenvalue weighted by Gasteiger charge is 2.23. The topological polar surface area (TPSA) is 27.8 Å². The summed E-state index contributed by atoms with van der Waals surface area (Å²) in [5, 5.41) is 6.05. The van der Waals surface area contributed by atoms with Crippen molar-refractivity contribution in [1.82, 2.24) is 10.3 Å². The standard InChI is InChI=1S/C25H31ClN2/c1-2-3-4-6-19-11-14-23-22(17-19)21-7-5-8-24(25(21)28-23)27-16-15-18-9-12-20(26)13-10-18/h9-14,17,24,27-28H,2-8,15-16H2,1H3. The second-order valence-electron chi connectivity index (χ2n) is 8.13. The lowest BCUT2D eigenvalue weighted by atomic mass is 9.91. The SMILES string of the molecule is CCCCCc1ccc2[nH]c3c(c2c1)CCCC3NCCc1ccc(Cl)cc1. The second kappa shape index (κ2) is 9.15. The van der Waals surface area contributed by atoms with Crippen LogP contribution in [0.4, 0.5) is 0 Å². The van der Waals surface area contributed by atoms with Crippen molar-refractivity contribution in [2.45, 2.75) is 64.3 Å². The van der Waals surface area contributed by atoms with Gasteiger partial charge in [0.15, 0.2) is 0 Å². The molecule has 0 amide bonds. The number of fused-ring (bicyclic) bond motifs is 3. The van der Waals surface area contributed by atoms with Crippen molar-refractivity contribution in [2.24, 2.45) is 0 Å². The van der Waals surface area contributed by atoms with Gasteiger partial charge < -0.3 is 10.3 Å². The molecule has 0 spiro atoms. The van der Waals surface area contributed by atoms with Crippen LogP contribution < -0.4 is 5.32 Å². The Bertz CT molecular complexity index is 910. The number of hydrogen-bond acceptors (Lipinski definition) is 1. The number of halogens is 1. The quantitative estimate of drug-likeness (QED) is 0.405. The molecule has 2 nitrogen and oxygen atoms in total. The van der Waals surface area contributed by atoms with E-state index in [1.807, 2.05) is 12.1 Å². The average Bonchev–Trinajstić information content (AvgIpc) is 3.09. The van der Waals surface area contributed by atoms with E-state index in [1.165, 1.54) is 72.7 Å². The van der Waals surface area contributed by atoms with E-state index < -0.39 is 0 Å². The van der Waals surface area contributed by atoms with Gasteiger partial charge in [-0.25, -0.2) is 0 Å². The lowest BCUT2D eigenvalue weighted by Crippen LogP contribution is -2.27. The molecule has 0 bridgehead atoms. The maximum absolute atomic E-state index is 5.99. The Balaban J connectivity index is 1.45. The highest BCUT2D eigenvalue weighted by atomic mass is 35.5. The summed E-state index contributed by atoms with van der Waals surface area (Å²) < 4.78 is 0. The van der Waals surface area contributed by atoms with Gasteiger partial charge in [0.2, 0.25) is 0 Å². The van der Waals surface area contributed by atoms with Crippen LogP contribution in [0.5, 0.6) is 0 Å². The molecule has 0 aliphatic heterocycles. The minimum Gasteiger partial charge on any atom is -0.357 e. The first-order chi connectivity index (χ1) is 13.7. The van der Waals surface area contributed by atoms with E-state index >= 15 is 0 Å². The normalized spacial score (nSPS) is 16.4. The van der Waals surface area contributed by atoms with Crippen LogP contribution >= 0.6 is 11.6 Å². The third kappa shape index (κ3) is 4.45. The Morgan fingerprint density at radius 2 is 1.86 bits per heavy atom. The van der Waals surface area contributed by atoms with E-state index in [4.69, 9.17) is 11.6 Å². The van der Waals surface area contributed by atoms with Gasteiger partial charge in [-0.3, -0.25) is 0 Å². The molecule has 28 heavy (non-hydrogen) atoms. The molecule has 0 radical (unpaired) electrons. The number of nitrogens with one attached hydrogen (secondary N) is 2. The monoisotopic (exact) mass is 394 g/mol. The summed E-state index contributed by atoms with van der Waals surface area (Å²) in [5.74, 6) is 0. The van der Waals surface area contributed by atoms with Crippen LogP contribution in [0.1, 0.15) is 67.5 Å². The zero-order chi connectivity index (χ0) is 19.3. The summed E-state index contributed by atoms with van der Waals surface area (Å²) in [6.07, 6.45) is 9.81. The molecule has 1 aliphatic rings. The van der Waals surface area contributed by atoms with Crippen molar-refractivity contribution in [2.75, 3.05) is 6.54 Å². The van der Waals surface area contributed by atoms with Crippen molar-refractivity contribution >= 4 is 22.5 Å². The van der Waals surface area contributed by atoms with E-state index in [-0.39, 0.29) is 0 Å². The fraction of sp³-hybridized carbons (Fsp3) is 0.440. The van der Waals surface area contributed by atoms with Gasteiger partial charge in [0.1, 0.15) is 0 Å². The van der Waals surface area contributed by atoms with Crippen molar-refractivity contribution in [1.29, 1.82) is 0 Å². The number of rotatable bonds is 8. The van der Waals surface area contributed by atoms with Gasteiger partial charge in [-0.05, 0) is 86.0 Å². The third-order valence-corrected chi connectivity index (χ3v) is 6.31. The number of benzene rings is 2. The Morgan fingerprint density at radius 1 is 1.04 bits per heavy atom. The van der Waals surface area contributed by atoms with Crippen LogP contribution in [-0.4, -0.2) is 11.5 Å². The van der Waals surface area contributed by atoms with Crippen molar-refractivity contribution in [3.63, 3.8) is 0 Å². The zero-order valence-electron chi connectivity index (χ0n) is 16.9. The molecular formula is C25H31ClN2. The van der Waals surface area contributed by atoms with E-state index in [1.54, 1.807) is 5.56 Å². The molecule has 2 N–H and O–H groups in total. The van der Waals surface area contributed by atoms with Crippen LogP contribution in [-0.2, 0) is 19.3 Å². The molecule has 0 fully saturated rings. The minimum atomic E-state index is 0.437. The van der Waals surface area contributed by atoms with Gasteiger partial charge in [-0.15, -0.1) is 0 Å². The van der Waals surface area contributed by atoms with Crippen LogP contribution in [0, 0.1) is 0 Å². The van der Waals surface area contributed by atoms with Gasteiger partial charge in [0, 0.05) is 27.7 Å². The van der Waals surface area contributed by atoms with Crippen molar-refractivity contribution in [3.05, 3.63) is 69.9 Å². The molecule has 0 saturated heterocycles. The molecule has 3 aromatic rings. The van der Waals surface area contributed by atoms with Crippen LogP contribution in [0.25, 0.3) is 10.9 Å². The van der Waals surface area contributed by atoms with Gasteiger partial charge in [-0.2, -0.15) is 0 Å². The molecule has 1 aliphatic carbocycles. The smallest absolute Gasteiger partial charge is 0.0476 e. The molecule has 1 heterocycles. The Morgan fingerprint density at radius 3 is 2.68 bits per heavy atom. The predicted molar refractivity (Wildman–Crippen MR) is 120 cm³/mol. The van der Waals surface area contributed by atoms with Crippen LogP contribution in [0.3, 0.4) is 0 Å². The summed E-state index contributed by atoms with van der Waals surface area (Å²) in [6.45, 7) is 3.26. The number of hydrogen-bond donors (Lipinski definition) is 2. The van der Waals surface area contributed by atoms with Crippen molar-refractivity contribution < 1.29 is 0 Å². The van der Waals surface area contributed by atoms with E-state index in [0.29, 0.717) is 6.04 Å². The lowest BCUT2D eigenvalue weighted by Gasteiger charge is -2.24.